The molecule has 3 N–H and O–H groups in total. The Labute approximate surface area is 226 Å². The summed E-state index contributed by atoms with van der Waals surface area (Å²) in [6, 6.07) is 14.2. The highest BCUT2D eigenvalue weighted by Crippen LogP contribution is 2.41. The van der Waals surface area contributed by atoms with Crippen molar-refractivity contribution in [2.24, 2.45) is 11.1 Å². The number of nitrogens with one attached hydrogen (secondary N) is 1. The first-order chi connectivity index (χ1) is 18.7. The van der Waals surface area contributed by atoms with Crippen LogP contribution in [0.2, 0.25) is 0 Å². The molecule has 6 nitrogen and oxygen atoms in total. The minimum absolute atomic E-state index is 0.126. The Morgan fingerprint density at radius 3 is 2.54 bits per heavy atom. The molecule has 0 bridgehead atoms. The second-order valence-corrected chi connectivity index (χ2v) is 10.6. The number of halogens is 3. The van der Waals surface area contributed by atoms with E-state index < -0.39 is 11.7 Å². The van der Waals surface area contributed by atoms with Crippen molar-refractivity contribution in [2.45, 2.75) is 44.9 Å². The minimum atomic E-state index is -4.44. The Hall–Kier alpha value is -3.43. The maximum Gasteiger partial charge on any atom is 0.416 e. The van der Waals surface area contributed by atoms with Crippen molar-refractivity contribution in [1.82, 2.24) is 10.3 Å². The van der Waals surface area contributed by atoms with Crippen LogP contribution in [0.1, 0.15) is 59.4 Å². The summed E-state index contributed by atoms with van der Waals surface area (Å²) in [4.78, 5) is 19.7. The van der Waals surface area contributed by atoms with Crippen LogP contribution in [0.5, 0.6) is 0 Å². The molecule has 2 fully saturated rings. The summed E-state index contributed by atoms with van der Waals surface area (Å²) in [5, 5.41) is 2.99. The topological polar surface area (TPSA) is 80.5 Å². The van der Waals surface area contributed by atoms with Gasteiger partial charge in [0.05, 0.1) is 11.6 Å². The van der Waals surface area contributed by atoms with E-state index in [4.69, 9.17) is 10.5 Å². The van der Waals surface area contributed by atoms with Crippen LogP contribution in [0.4, 0.5) is 18.9 Å². The number of carbonyl (C=O) groups excluding carboxylic acids is 1. The van der Waals surface area contributed by atoms with E-state index in [1.807, 2.05) is 31.2 Å². The van der Waals surface area contributed by atoms with E-state index in [2.05, 4.69) is 15.2 Å². The number of pyridine rings is 1. The van der Waals surface area contributed by atoms with Gasteiger partial charge in [0, 0.05) is 44.7 Å². The fourth-order valence-corrected chi connectivity index (χ4v) is 5.61. The highest BCUT2D eigenvalue weighted by Gasteiger charge is 2.39. The Bertz CT molecular complexity index is 1320. The highest BCUT2D eigenvalue weighted by atomic mass is 19.4. The third kappa shape index (κ3) is 5.94. The van der Waals surface area contributed by atoms with Crippen LogP contribution in [0, 0.1) is 5.41 Å². The van der Waals surface area contributed by atoms with Gasteiger partial charge >= 0.3 is 6.18 Å². The number of nitrogens with two attached hydrogens (primary N) is 1. The normalized spacial score (nSPS) is 17.8. The molecule has 5 rings (SSSR count). The summed E-state index contributed by atoms with van der Waals surface area (Å²) < 4.78 is 45.3. The van der Waals surface area contributed by atoms with E-state index in [1.54, 1.807) is 18.3 Å². The van der Waals surface area contributed by atoms with E-state index in [9.17, 15) is 18.0 Å². The monoisotopic (exact) mass is 538 g/mol. The molecule has 2 aliphatic heterocycles. The quantitative estimate of drug-likeness (QED) is 0.419. The van der Waals surface area contributed by atoms with Gasteiger partial charge in [-0.25, -0.2) is 0 Å². The number of ether oxygens (including phenoxy) is 1. The van der Waals surface area contributed by atoms with Crippen molar-refractivity contribution < 1.29 is 22.7 Å². The number of hydrogen-bond donors (Lipinski definition) is 2. The molecule has 1 atom stereocenters. The lowest BCUT2D eigenvalue weighted by Gasteiger charge is -2.33. The summed E-state index contributed by atoms with van der Waals surface area (Å²) in [5.74, 6) is -0.281. The van der Waals surface area contributed by atoms with Crippen LogP contribution >= 0.6 is 0 Å². The number of benzene rings is 2. The molecule has 1 amide bonds. The van der Waals surface area contributed by atoms with E-state index in [1.165, 1.54) is 6.07 Å². The van der Waals surface area contributed by atoms with Crippen molar-refractivity contribution >= 4 is 11.6 Å². The Balaban J connectivity index is 1.26. The standard InChI is InChI=1S/C30H33F3N4O2/c1-20(21-2-4-22(5-3-21)26-16-24(30(31,32)33)7-6-23(26)18-34)36-28(38)27-17-25(8-12-35-27)37-13-9-29(19-37)10-14-39-15-11-29/h2-8,12,16-17,20H,9-11,13-15,18-19,34H2,1H3,(H,36,38)/t20-/m1/s1. The molecule has 3 heterocycles. The molecule has 39 heavy (non-hydrogen) atoms. The van der Waals surface area contributed by atoms with Crippen molar-refractivity contribution in [2.75, 3.05) is 31.2 Å². The van der Waals surface area contributed by atoms with Gasteiger partial charge in [-0.2, -0.15) is 13.2 Å². The smallest absolute Gasteiger partial charge is 0.381 e. The first-order valence-electron chi connectivity index (χ1n) is 13.3. The number of aromatic nitrogens is 1. The van der Waals surface area contributed by atoms with Gasteiger partial charge in [0.2, 0.25) is 0 Å². The molecule has 3 aromatic rings. The van der Waals surface area contributed by atoms with Crippen molar-refractivity contribution in [3.8, 4) is 11.1 Å². The number of anilines is 1. The maximum absolute atomic E-state index is 13.3. The predicted octanol–water partition coefficient (Wildman–Crippen LogP) is 5.72. The van der Waals surface area contributed by atoms with Gasteiger partial charge in [-0.05, 0) is 78.1 Å². The lowest BCUT2D eigenvalue weighted by molar-refractivity contribution is -0.137. The van der Waals surface area contributed by atoms with Gasteiger partial charge in [-0.1, -0.05) is 30.3 Å². The largest absolute Gasteiger partial charge is 0.416 e. The molecule has 2 aliphatic rings. The molecule has 0 saturated carbocycles. The van der Waals surface area contributed by atoms with Gasteiger partial charge in [0.25, 0.3) is 5.91 Å². The third-order valence-corrected chi connectivity index (χ3v) is 8.06. The van der Waals surface area contributed by atoms with E-state index in [0.29, 0.717) is 27.8 Å². The molecule has 1 spiro atoms. The van der Waals surface area contributed by atoms with Crippen LogP contribution < -0.4 is 16.0 Å². The van der Waals surface area contributed by atoms with E-state index in [0.717, 1.165) is 68.9 Å². The molecule has 2 aromatic carbocycles. The highest BCUT2D eigenvalue weighted by molar-refractivity contribution is 5.93. The van der Waals surface area contributed by atoms with Gasteiger partial charge in [0.1, 0.15) is 5.69 Å². The molecule has 2 saturated heterocycles. The number of rotatable bonds is 6. The lowest BCUT2D eigenvalue weighted by atomic mass is 9.80. The average Bonchev–Trinajstić information content (AvgIpc) is 3.35. The van der Waals surface area contributed by atoms with Crippen molar-refractivity contribution in [1.29, 1.82) is 0 Å². The summed E-state index contributed by atoms with van der Waals surface area (Å²) in [7, 11) is 0. The molecular formula is C30H33F3N4O2. The number of alkyl halides is 3. The molecule has 0 radical (unpaired) electrons. The fraction of sp³-hybridized carbons (Fsp3) is 0.400. The summed E-state index contributed by atoms with van der Waals surface area (Å²) in [6.45, 7) is 5.52. The lowest BCUT2D eigenvalue weighted by Crippen LogP contribution is -2.33. The van der Waals surface area contributed by atoms with Crippen LogP contribution in [0.15, 0.2) is 60.8 Å². The minimum Gasteiger partial charge on any atom is -0.381 e. The predicted molar refractivity (Wildman–Crippen MR) is 144 cm³/mol. The Kier molecular flexibility index (Phi) is 7.64. The van der Waals surface area contributed by atoms with E-state index >= 15 is 0 Å². The maximum atomic E-state index is 13.3. The van der Waals surface area contributed by atoms with Gasteiger partial charge < -0.3 is 20.7 Å². The SMILES string of the molecule is C[C@@H](NC(=O)c1cc(N2CCC3(CCOCC3)C2)ccn1)c1ccc(-c2cc(C(F)(F)F)ccc2CN)cc1. The Morgan fingerprint density at radius 1 is 1.10 bits per heavy atom. The zero-order valence-corrected chi connectivity index (χ0v) is 21.9. The second kappa shape index (κ2) is 11.0. The van der Waals surface area contributed by atoms with Crippen LogP contribution in [-0.2, 0) is 17.5 Å². The Morgan fingerprint density at radius 2 is 1.85 bits per heavy atom. The first kappa shape index (κ1) is 27.1. The number of carbonyl (C=O) groups is 1. The molecule has 0 aliphatic carbocycles. The van der Waals surface area contributed by atoms with Gasteiger partial charge in [-0.3, -0.25) is 9.78 Å². The number of amides is 1. The zero-order chi connectivity index (χ0) is 27.6. The molecule has 1 aromatic heterocycles. The van der Waals surface area contributed by atoms with Crippen molar-refractivity contribution in [3.63, 3.8) is 0 Å². The molecule has 9 heteroatoms. The third-order valence-electron chi connectivity index (χ3n) is 8.06. The van der Waals surface area contributed by atoms with Crippen molar-refractivity contribution in [3.05, 3.63) is 83.2 Å². The molecule has 206 valence electrons. The van der Waals surface area contributed by atoms with Crippen LogP contribution in [0.3, 0.4) is 0 Å². The summed E-state index contributed by atoms with van der Waals surface area (Å²) >= 11 is 0. The molecule has 0 unspecified atom stereocenters. The van der Waals surface area contributed by atoms with Crippen LogP contribution in [-0.4, -0.2) is 37.2 Å². The summed E-state index contributed by atoms with van der Waals surface area (Å²) in [5.41, 5.74) is 9.23. The second-order valence-electron chi connectivity index (χ2n) is 10.6. The van der Waals surface area contributed by atoms with Gasteiger partial charge in [0.15, 0.2) is 0 Å². The number of hydrogen-bond acceptors (Lipinski definition) is 5. The fourth-order valence-electron chi connectivity index (χ4n) is 5.61. The van der Waals surface area contributed by atoms with Crippen LogP contribution in [0.25, 0.3) is 11.1 Å². The molecular weight excluding hydrogens is 505 g/mol. The van der Waals surface area contributed by atoms with Gasteiger partial charge in [-0.15, -0.1) is 0 Å². The zero-order valence-electron chi connectivity index (χ0n) is 21.9. The summed E-state index contributed by atoms with van der Waals surface area (Å²) in [6.07, 6.45) is 0.495. The first-order valence-corrected chi connectivity index (χ1v) is 13.3. The van der Waals surface area contributed by atoms with E-state index in [-0.39, 0.29) is 18.5 Å². The average molecular weight is 539 g/mol. The number of nitrogens with zero attached hydrogens (tertiary/aromatic N) is 2.